The molecule has 1 aromatic heterocycles. The Hall–Kier alpha value is -1.06. The lowest BCUT2D eigenvalue weighted by Crippen LogP contribution is -2.11. The van der Waals surface area contributed by atoms with Gasteiger partial charge in [-0.3, -0.25) is 4.68 Å². The van der Waals surface area contributed by atoms with Crippen molar-refractivity contribution in [3.8, 4) is 0 Å². The van der Waals surface area contributed by atoms with E-state index in [9.17, 15) is 0 Å². The Balaban J connectivity index is 2.29. The van der Waals surface area contributed by atoms with Crippen LogP contribution in [0.1, 0.15) is 31.2 Å². The van der Waals surface area contributed by atoms with Crippen molar-refractivity contribution in [1.29, 1.82) is 0 Å². The van der Waals surface area contributed by atoms with Crippen molar-refractivity contribution >= 4 is 23.2 Å². The van der Waals surface area contributed by atoms with E-state index in [0.717, 1.165) is 35.0 Å². The number of halogens is 2. The van der Waals surface area contributed by atoms with Gasteiger partial charge in [0.05, 0.1) is 0 Å². The second-order valence-electron chi connectivity index (χ2n) is 4.24. The number of rotatable bonds is 5. The fourth-order valence-corrected chi connectivity index (χ4v) is 2.83. The molecule has 2 rings (SSSR count). The molecule has 1 atom stereocenters. The monoisotopic (exact) mass is 283 g/mol. The molecule has 0 saturated carbocycles. The quantitative estimate of drug-likeness (QED) is 0.825. The molecule has 1 heterocycles. The van der Waals surface area contributed by atoms with Crippen LogP contribution in [0.4, 0.5) is 0 Å². The van der Waals surface area contributed by atoms with Crippen LogP contribution in [-0.4, -0.2) is 14.8 Å². The summed E-state index contributed by atoms with van der Waals surface area (Å²) in [4.78, 5) is 3.96. The Labute approximate surface area is 117 Å². The molecule has 96 valence electrons. The highest BCUT2D eigenvalue weighted by molar-refractivity contribution is 6.36. The van der Waals surface area contributed by atoms with Crippen LogP contribution in [0.2, 0.25) is 10.0 Å². The average molecular weight is 284 g/mol. The number of aromatic nitrogens is 3. The zero-order chi connectivity index (χ0) is 13.0. The van der Waals surface area contributed by atoms with Crippen LogP contribution >= 0.6 is 23.2 Å². The maximum atomic E-state index is 6.27. The minimum Gasteiger partial charge on any atom is -0.252 e. The summed E-state index contributed by atoms with van der Waals surface area (Å²) in [7, 11) is 0. The first-order valence-corrected chi connectivity index (χ1v) is 6.74. The van der Waals surface area contributed by atoms with E-state index in [4.69, 9.17) is 23.2 Å². The van der Waals surface area contributed by atoms with Crippen molar-refractivity contribution in [1.82, 2.24) is 14.8 Å². The summed E-state index contributed by atoms with van der Waals surface area (Å²) in [5.74, 6) is 0.262. The number of hydrogen-bond acceptors (Lipinski definition) is 2. The highest BCUT2D eigenvalue weighted by Crippen LogP contribution is 2.34. The molecule has 0 fully saturated rings. The van der Waals surface area contributed by atoms with Crippen LogP contribution in [0, 0.1) is 0 Å². The van der Waals surface area contributed by atoms with E-state index in [0.29, 0.717) is 0 Å². The third-order valence-corrected chi connectivity index (χ3v) is 3.58. The van der Waals surface area contributed by atoms with Crippen molar-refractivity contribution in [2.24, 2.45) is 0 Å². The summed E-state index contributed by atoms with van der Waals surface area (Å²) in [5, 5.41) is 5.59. The van der Waals surface area contributed by atoms with E-state index in [-0.39, 0.29) is 5.92 Å². The van der Waals surface area contributed by atoms with Crippen molar-refractivity contribution < 1.29 is 0 Å². The summed E-state index contributed by atoms with van der Waals surface area (Å²) in [6, 6.07) is 5.63. The third kappa shape index (κ3) is 3.03. The second-order valence-corrected chi connectivity index (χ2v) is 5.05. The number of benzene rings is 1. The van der Waals surface area contributed by atoms with Crippen molar-refractivity contribution in [3.05, 3.63) is 46.5 Å². The van der Waals surface area contributed by atoms with Gasteiger partial charge in [-0.05, 0) is 24.1 Å². The SMILES string of the molecule is CCCC(Cn1cncn1)c1c(Cl)cccc1Cl. The lowest BCUT2D eigenvalue weighted by Gasteiger charge is -2.19. The summed E-state index contributed by atoms with van der Waals surface area (Å²) < 4.78 is 1.82. The van der Waals surface area contributed by atoms with Gasteiger partial charge >= 0.3 is 0 Å². The van der Waals surface area contributed by atoms with Gasteiger partial charge in [-0.2, -0.15) is 5.10 Å². The minimum atomic E-state index is 0.262. The van der Waals surface area contributed by atoms with Crippen LogP contribution in [0.15, 0.2) is 30.9 Å². The Morgan fingerprint density at radius 1 is 1.28 bits per heavy atom. The molecule has 0 amide bonds. The maximum Gasteiger partial charge on any atom is 0.137 e. The molecule has 18 heavy (non-hydrogen) atoms. The van der Waals surface area contributed by atoms with Crippen molar-refractivity contribution in [2.45, 2.75) is 32.2 Å². The fourth-order valence-electron chi connectivity index (χ4n) is 2.13. The summed E-state index contributed by atoms with van der Waals surface area (Å²) in [6.45, 7) is 2.90. The van der Waals surface area contributed by atoms with Crippen LogP contribution in [-0.2, 0) is 6.54 Å². The van der Waals surface area contributed by atoms with Gasteiger partial charge in [0.15, 0.2) is 0 Å². The van der Waals surface area contributed by atoms with E-state index in [1.165, 1.54) is 6.33 Å². The summed E-state index contributed by atoms with van der Waals surface area (Å²) >= 11 is 12.5. The zero-order valence-corrected chi connectivity index (χ0v) is 11.7. The topological polar surface area (TPSA) is 30.7 Å². The predicted octanol–water partition coefficient (Wildman–Crippen LogP) is 4.17. The first-order chi connectivity index (χ1) is 8.72. The molecule has 0 N–H and O–H groups in total. The molecule has 0 radical (unpaired) electrons. The van der Waals surface area contributed by atoms with E-state index >= 15 is 0 Å². The van der Waals surface area contributed by atoms with Gasteiger partial charge in [0.1, 0.15) is 12.7 Å². The lowest BCUT2D eigenvalue weighted by molar-refractivity contribution is 0.484. The van der Waals surface area contributed by atoms with E-state index in [1.54, 1.807) is 6.33 Å². The normalized spacial score (nSPS) is 12.6. The largest absolute Gasteiger partial charge is 0.252 e. The number of nitrogens with zero attached hydrogens (tertiary/aromatic N) is 3. The molecule has 0 spiro atoms. The van der Waals surface area contributed by atoms with Crippen molar-refractivity contribution in [2.75, 3.05) is 0 Å². The average Bonchev–Trinajstić information content (AvgIpc) is 2.82. The van der Waals surface area contributed by atoms with Gasteiger partial charge in [-0.15, -0.1) is 0 Å². The van der Waals surface area contributed by atoms with Gasteiger partial charge in [0, 0.05) is 22.5 Å². The molecule has 2 aromatic rings. The van der Waals surface area contributed by atoms with Crippen LogP contribution in [0.3, 0.4) is 0 Å². The molecule has 0 aliphatic rings. The molecule has 3 nitrogen and oxygen atoms in total. The minimum absolute atomic E-state index is 0.262. The maximum absolute atomic E-state index is 6.27. The van der Waals surface area contributed by atoms with Crippen molar-refractivity contribution in [3.63, 3.8) is 0 Å². The van der Waals surface area contributed by atoms with E-state index < -0.39 is 0 Å². The van der Waals surface area contributed by atoms with Gasteiger partial charge in [0.25, 0.3) is 0 Å². The smallest absolute Gasteiger partial charge is 0.137 e. The Morgan fingerprint density at radius 3 is 2.56 bits per heavy atom. The molecule has 0 saturated heterocycles. The third-order valence-electron chi connectivity index (χ3n) is 2.92. The second kappa shape index (κ2) is 6.21. The van der Waals surface area contributed by atoms with Gasteiger partial charge < -0.3 is 0 Å². The van der Waals surface area contributed by atoms with E-state index in [2.05, 4.69) is 17.0 Å². The standard InChI is InChI=1S/C13H15Cl2N3/c1-2-4-10(7-18-9-16-8-17-18)13-11(14)5-3-6-12(13)15/h3,5-6,8-10H,2,4,7H2,1H3. The highest BCUT2D eigenvalue weighted by Gasteiger charge is 2.18. The molecule has 0 bridgehead atoms. The number of hydrogen-bond donors (Lipinski definition) is 0. The van der Waals surface area contributed by atoms with Gasteiger partial charge in [-0.1, -0.05) is 42.6 Å². The van der Waals surface area contributed by atoms with Gasteiger partial charge in [-0.25, -0.2) is 4.98 Å². The molecular weight excluding hydrogens is 269 g/mol. The molecule has 0 aliphatic heterocycles. The molecule has 1 aromatic carbocycles. The summed E-state index contributed by atoms with van der Waals surface area (Å²) in [6.07, 6.45) is 5.34. The molecular formula is C13H15Cl2N3. The van der Waals surface area contributed by atoms with Crippen LogP contribution in [0.5, 0.6) is 0 Å². The summed E-state index contributed by atoms with van der Waals surface area (Å²) in [5.41, 5.74) is 1.01. The Morgan fingerprint density at radius 2 is 2.00 bits per heavy atom. The fraction of sp³-hybridized carbons (Fsp3) is 0.385. The Bertz CT molecular complexity index is 477. The highest BCUT2D eigenvalue weighted by atomic mass is 35.5. The lowest BCUT2D eigenvalue weighted by atomic mass is 9.94. The van der Waals surface area contributed by atoms with Crippen LogP contribution < -0.4 is 0 Å². The zero-order valence-electron chi connectivity index (χ0n) is 10.2. The molecule has 5 heteroatoms. The first kappa shape index (κ1) is 13.4. The predicted molar refractivity (Wildman–Crippen MR) is 74.1 cm³/mol. The first-order valence-electron chi connectivity index (χ1n) is 5.98. The Kier molecular flexibility index (Phi) is 4.61. The molecule has 0 aliphatic carbocycles. The van der Waals surface area contributed by atoms with Gasteiger partial charge in [0.2, 0.25) is 0 Å². The van der Waals surface area contributed by atoms with Crippen LogP contribution in [0.25, 0.3) is 0 Å². The molecule has 1 unspecified atom stereocenters. The van der Waals surface area contributed by atoms with E-state index in [1.807, 2.05) is 22.9 Å².